The van der Waals surface area contributed by atoms with Crippen LogP contribution in [0.3, 0.4) is 0 Å². The number of carbonyl (C=O) groups is 2. The van der Waals surface area contributed by atoms with E-state index < -0.39 is 5.97 Å². The zero-order valence-corrected chi connectivity index (χ0v) is 15.6. The molecule has 0 saturated carbocycles. The van der Waals surface area contributed by atoms with Gasteiger partial charge in [0.2, 0.25) is 0 Å². The van der Waals surface area contributed by atoms with E-state index in [0.717, 1.165) is 5.69 Å². The van der Waals surface area contributed by atoms with E-state index in [2.05, 4.69) is 5.10 Å². The molecule has 0 aliphatic carbocycles. The largest absolute Gasteiger partial charge is 0.455 e. The van der Waals surface area contributed by atoms with E-state index in [-0.39, 0.29) is 18.0 Å². The molecular formula is C24H18N2O3. The molecule has 4 aromatic rings. The highest BCUT2D eigenvalue weighted by Crippen LogP contribution is 2.17. The van der Waals surface area contributed by atoms with E-state index in [4.69, 9.17) is 4.74 Å². The lowest BCUT2D eigenvalue weighted by Gasteiger charge is -2.08. The van der Waals surface area contributed by atoms with E-state index in [9.17, 15) is 9.59 Å². The molecule has 5 nitrogen and oxygen atoms in total. The first-order valence-electron chi connectivity index (χ1n) is 9.18. The third-order valence-corrected chi connectivity index (χ3v) is 4.44. The van der Waals surface area contributed by atoms with Crippen LogP contribution in [0.25, 0.3) is 5.69 Å². The number of hydrogen-bond acceptors (Lipinski definition) is 4. The summed E-state index contributed by atoms with van der Waals surface area (Å²) in [6.07, 6.45) is 1.81. The maximum Gasteiger partial charge on any atom is 0.339 e. The smallest absolute Gasteiger partial charge is 0.339 e. The molecule has 0 fully saturated rings. The first-order chi connectivity index (χ1) is 14.2. The first-order valence-corrected chi connectivity index (χ1v) is 9.18. The Labute approximate surface area is 168 Å². The number of nitrogens with zero attached hydrogens (tertiary/aromatic N) is 2. The fraction of sp³-hybridized carbons (Fsp3) is 0.0417. The highest BCUT2D eigenvalue weighted by molar-refractivity contribution is 6.14. The summed E-state index contributed by atoms with van der Waals surface area (Å²) in [6, 6.07) is 27.0. The number of rotatable bonds is 6. The van der Waals surface area contributed by atoms with Crippen LogP contribution in [0.5, 0.6) is 0 Å². The summed E-state index contributed by atoms with van der Waals surface area (Å²) in [5.41, 5.74) is 2.62. The number of esters is 1. The second kappa shape index (κ2) is 8.35. The minimum absolute atomic E-state index is 0.0204. The Morgan fingerprint density at radius 1 is 0.759 bits per heavy atom. The number of ketones is 1. The van der Waals surface area contributed by atoms with Gasteiger partial charge in [0, 0.05) is 17.3 Å². The van der Waals surface area contributed by atoms with E-state index >= 15 is 0 Å². The summed E-state index contributed by atoms with van der Waals surface area (Å²) in [4.78, 5) is 25.4. The molecular weight excluding hydrogens is 364 g/mol. The second-order valence-electron chi connectivity index (χ2n) is 6.40. The van der Waals surface area contributed by atoms with Gasteiger partial charge in [0.25, 0.3) is 0 Å². The number of para-hydroxylation sites is 1. The third kappa shape index (κ3) is 4.14. The Morgan fingerprint density at radius 2 is 1.38 bits per heavy atom. The molecule has 3 aromatic carbocycles. The van der Waals surface area contributed by atoms with E-state index in [1.165, 1.54) is 0 Å². The van der Waals surface area contributed by atoms with Gasteiger partial charge in [-0.15, -0.1) is 0 Å². The highest BCUT2D eigenvalue weighted by atomic mass is 16.5. The highest BCUT2D eigenvalue weighted by Gasteiger charge is 2.19. The number of ether oxygens (including phenoxy) is 1. The van der Waals surface area contributed by atoms with Crippen molar-refractivity contribution in [3.63, 3.8) is 0 Å². The second-order valence-corrected chi connectivity index (χ2v) is 6.40. The molecule has 142 valence electrons. The summed E-state index contributed by atoms with van der Waals surface area (Å²) < 4.78 is 7.14. The third-order valence-electron chi connectivity index (χ3n) is 4.44. The molecule has 0 atom stereocenters. The molecule has 0 bridgehead atoms. The van der Waals surface area contributed by atoms with Crippen molar-refractivity contribution in [3.05, 3.63) is 120 Å². The molecule has 29 heavy (non-hydrogen) atoms. The van der Waals surface area contributed by atoms with Gasteiger partial charge in [-0.25, -0.2) is 9.48 Å². The lowest BCUT2D eigenvalue weighted by Crippen LogP contribution is -2.13. The zero-order chi connectivity index (χ0) is 20.1. The van der Waals surface area contributed by atoms with Crippen molar-refractivity contribution >= 4 is 11.8 Å². The predicted molar refractivity (Wildman–Crippen MR) is 109 cm³/mol. The van der Waals surface area contributed by atoms with Crippen LogP contribution < -0.4 is 0 Å². The van der Waals surface area contributed by atoms with Gasteiger partial charge < -0.3 is 4.74 Å². The monoisotopic (exact) mass is 382 g/mol. The molecule has 1 aromatic heterocycles. The zero-order valence-electron chi connectivity index (χ0n) is 15.6. The van der Waals surface area contributed by atoms with Crippen LogP contribution in [0.2, 0.25) is 0 Å². The average Bonchev–Trinajstić information content (AvgIpc) is 3.27. The van der Waals surface area contributed by atoms with Crippen molar-refractivity contribution in [1.82, 2.24) is 9.78 Å². The SMILES string of the molecule is O=C(OCc1ccn(-c2ccccc2)n1)c1ccccc1C(=O)c1ccccc1. The Kier molecular flexibility index (Phi) is 5.29. The molecule has 0 unspecified atom stereocenters. The Bertz CT molecular complexity index is 1140. The minimum atomic E-state index is -0.556. The standard InChI is InChI=1S/C24H18N2O3/c27-23(18-9-3-1-4-10-18)21-13-7-8-14-22(21)24(28)29-17-19-15-16-26(25-19)20-11-5-2-6-12-20/h1-16H,17H2. The van der Waals surface area contributed by atoms with Crippen LogP contribution in [0.15, 0.2) is 97.2 Å². The fourth-order valence-corrected chi connectivity index (χ4v) is 2.98. The normalized spacial score (nSPS) is 10.5. The quantitative estimate of drug-likeness (QED) is 0.365. The van der Waals surface area contributed by atoms with Crippen LogP contribution in [-0.2, 0) is 11.3 Å². The van der Waals surface area contributed by atoms with Crippen molar-refractivity contribution in [2.24, 2.45) is 0 Å². The molecule has 1 heterocycles. The average molecular weight is 382 g/mol. The van der Waals surface area contributed by atoms with Crippen molar-refractivity contribution in [2.45, 2.75) is 6.61 Å². The summed E-state index contributed by atoms with van der Waals surface area (Å²) >= 11 is 0. The van der Waals surface area contributed by atoms with E-state index in [1.807, 2.05) is 42.6 Å². The first kappa shape index (κ1) is 18.4. The Morgan fingerprint density at radius 3 is 2.10 bits per heavy atom. The van der Waals surface area contributed by atoms with Gasteiger partial charge >= 0.3 is 5.97 Å². The van der Waals surface area contributed by atoms with Crippen LogP contribution in [-0.4, -0.2) is 21.5 Å². The Balaban J connectivity index is 1.49. The lowest BCUT2D eigenvalue weighted by molar-refractivity contribution is 0.0465. The molecule has 0 radical (unpaired) electrons. The van der Waals surface area contributed by atoms with Gasteiger partial charge in [-0.2, -0.15) is 5.10 Å². The molecule has 4 rings (SSSR count). The van der Waals surface area contributed by atoms with Crippen molar-refractivity contribution in [3.8, 4) is 5.69 Å². The maximum atomic E-state index is 12.8. The topological polar surface area (TPSA) is 61.2 Å². The summed E-state index contributed by atoms with van der Waals surface area (Å²) in [7, 11) is 0. The maximum absolute atomic E-state index is 12.8. The molecule has 0 saturated heterocycles. The van der Waals surface area contributed by atoms with Gasteiger partial charge in [-0.05, 0) is 24.3 Å². The molecule has 5 heteroatoms. The lowest BCUT2D eigenvalue weighted by atomic mass is 9.98. The summed E-state index contributed by atoms with van der Waals surface area (Å²) in [6.45, 7) is 0.0204. The number of carbonyl (C=O) groups excluding carboxylic acids is 2. The number of benzene rings is 3. The number of aromatic nitrogens is 2. The van der Waals surface area contributed by atoms with Gasteiger partial charge in [0.05, 0.1) is 11.3 Å². The Hall–Kier alpha value is -3.99. The fourth-order valence-electron chi connectivity index (χ4n) is 2.98. The van der Waals surface area contributed by atoms with Crippen LogP contribution >= 0.6 is 0 Å². The van der Waals surface area contributed by atoms with E-state index in [1.54, 1.807) is 59.3 Å². The van der Waals surface area contributed by atoms with Crippen molar-refractivity contribution in [1.29, 1.82) is 0 Å². The van der Waals surface area contributed by atoms with Crippen LogP contribution in [0.4, 0.5) is 0 Å². The van der Waals surface area contributed by atoms with Gasteiger partial charge in [0.1, 0.15) is 12.3 Å². The van der Waals surface area contributed by atoms with Gasteiger partial charge in [-0.3, -0.25) is 4.79 Å². The number of hydrogen-bond donors (Lipinski definition) is 0. The van der Waals surface area contributed by atoms with Crippen molar-refractivity contribution in [2.75, 3.05) is 0 Å². The summed E-state index contributed by atoms with van der Waals surface area (Å²) in [5.74, 6) is -0.773. The predicted octanol–water partition coefficient (Wildman–Crippen LogP) is 4.46. The molecule has 0 N–H and O–H groups in total. The van der Waals surface area contributed by atoms with Gasteiger partial charge in [0.15, 0.2) is 5.78 Å². The molecule has 0 aliphatic rings. The molecule has 0 aliphatic heterocycles. The molecule has 0 amide bonds. The van der Waals surface area contributed by atoms with Crippen LogP contribution in [0.1, 0.15) is 32.0 Å². The van der Waals surface area contributed by atoms with E-state index in [0.29, 0.717) is 16.8 Å². The van der Waals surface area contributed by atoms with Crippen molar-refractivity contribution < 1.29 is 14.3 Å². The van der Waals surface area contributed by atoms with Crippen LogP contribution in [0, 0.1) is 0 Å². The minimum Gasteiger partial charge on any atom is -0.455 e. The molecule has 0 spiro atoms. The summed E-state index contributed by atoms with van der Waals surface area (Å²) in [5, 5.41) is 4.42. The van der Waals surface area contributed by atoms with Gasteiger partial charge in [-0.1, -0.05) is 66.7 Å².